The topological polar surface area (TPSA) is 29.5 Å². The molecule has 0 aliphatic heterocycles. The van der Waals surface area contributed by atoms with Crippen LogP contribution in [0.5, 0.6) is 0 Å². The van der Waals surface area contributed by atoms with Crippen LogP contribution in [0.15, 0.2) is 16.8 Å². The van der Waals surface area contributed by atoms with Gasteiger partial charge in [0.15, 0.2) is 0 Å². The van der Waals surface area contributed by atoms with Gasteiger partial charge in [0, 0.05) is 5.38 Å². The Hall–Kier alpha value is -0.870. The van der Waals surface area contributed by atoms with Crippen molar-refractivity contribution in [3.63, 3.8) is 0 Å². The molecule has 0 aliphatic carbocycles. The van der Waals surface area contributed by atoms with E-state index >= 15 is 0 Å². The Balaban J connectivity index is 2.70. The molecule has 0 bridgehead atoms. The van der Waals surface area contributed by atoms with E-state index in [0.29, 0.717) is 6.41 Å². The van der Waals surface area contributed by atoms with Gasteiger partial charge in [-0.25, -0.2) is 0 Å². The molecule has 0 aliphatic rings. The highest BCUT2D eigenvalue weighted by Crippen LogP contribution is 2.20. The van der Waals surface area contributed by atoms with Gasteiger partial charge in [-0.15, -0.1) is 0 Å². The highest BCUT2D eigenvalue weighted by molar-refractivity contribution is 7.08. The van der Waals surface area contributed by atoms with E-state index in [4.69, 9.17) is 4.84 Å². The van der Waals surface area contributed by atoms with Crippen LogP contribution < -0.4 is 5.06 Å². The van der Waals surface area contributed by atoms with Gasteiger partial charge in [-0.2, -0.15) is 16.4 Å². The van der Waals surface area contributed by atoms with Crippen molar-refractivity contribution >= 4 is 23.4 Å². The zero-order valence-electron chi connectivity index (χ0n) is 7.98. The maximum Gasteiger partial charge on any atom is 0.238 e. The minimum atomic E-state index is -0.358. The number of thiophene rings is 1. The molecular formula is C9H13NO2S. The lowest BCUT2D eigenvalue weighted by atomic mass is 10.2. The Kier molecular flexibility index (Phi) is 3.06. The number of nitrogens with zero attached hydrogens (tertiary/aromatic N) is 1. The molecule has 0 spiro atoms. The molecule has 3 nitrogen and oxygen atoms in total. The summed E-state index contributed by atoms with van der Waals surface area (Å²) in [5, 5.41) is 5.01. The molecule has 72 valence electrons. The molecule has 1 amide bonds. The van der Waals surface area contributed by atoms with Crippen molar-refractivity contribution in [1.82, 2.24) is 0 Å². The normalized spacial score (nSPS) is 11.3. The maximum absolute atomic E-state index is 10.7. The molecule has 0 saturated heterocycles. The Bertz CT molecular complexity index is 264. The number of anilines is 1. The summed E-state index contributed by atoms with van der Waals surface area (Å²) >= 11 is 1.53. The van der Waals surface area contributed by atoms with Crippen molar-refractivity contribution in [1.29, 1.82) is 0 Å². The van der Waals surface area contributed by atoms with E-state index in [1.165, 1.54) is 16.4 Å². The third-order valence-corrected chi connectivity index (χ3v) is 1.90. The van der Waals surface area contributed by atoms with Crippen LogP contribution in [0.2, 0.25) is 0 Å². The molecule has 13 heavy (non-hydrogen) atoms. The number of hydrogen-bond donors (Lipinski definition) is 0. The molecule has 0 radical (unpaired) electrons. The first-order valence-corrected chi connectivity index (χ1v) is 4.93. The van der Waals surface area contributed by atoms with Gasteiger partial charge in [0.2, 0.25) is 6.41 Å². The van der Waals surface area contributed by atoms with Crippen molar-refractivity contribution in [3.05, 3.63) is 16.8 Å². The van der Waals surface area contributed by atoms with Crippen LogP contribution in [0.3, 0.4) is 0 Å². The SMILES string of the molecule is CC(C)(C)ON(C=O)c1ccsc1. The molecule has 1 heterocycles. The van der Waals surface area contributed by atoms with Crippen molar-refractivity contribution in [2.75, 3.05) is 5.06 Å². The fourth-order valence-electron chi connectivity index (χ4n) is 0.813. The van der Waals surface area contributed by atoms with Gasteiger partial charge in [0.05, 0.1) is 11.3 Å². The second-order valence-corrected chi connectivity index (χ2v) is 4.40. The van der Waals surface area contributed by atoms with Crippen molar-refractivity contribution < 1.29 is 9.63 Å². The molecule has 1 aromatic heterocycles. The van der Waals surface area contributed by atoms with Gasteiger partial charge >= 0.3 is 0 Å². The summed E-state index contributed by atoms with van der Waals surface area (Å²) in [7, 11) is 0. The van der Waals surface area contributed by atoms with E-state index in [9.17, 15) is 4.79 Å². The number of carbonyl (C=O) groups excluding carboxylic acids is 1. The first-order valence-electron chi connectivity index (χ1n) is 3.99. The summed E-state index contributed by atoms with van der Waals surface area (Å²) in [4.78, 5) is 16.1. The van der Waals surface area contributed by atoms with Crippen LogP contribution in [0.25, 0.3) is 0 Å². The third-order valence-electron chi connectivity index (χ3n) is 1.23. The summed E-state index contributed by atoms with van der Waals surface area (Å²) in [5.41, 5.74) is 0.415. The second-order valence-electron chi connectivity index (χ2n) is 3.62. The van der Waals surface area contributed by atoms with Crippen LogP contribution in [0, 0.1) is 0 Å². The number of hydroxylamine groups is 1. The summed E-state index contributed by atoms with van der Waals surface area (Å²) in [5.74, 6) is 0. The van der Waals surface area contributed by atoms with Gasteiger partial charge in [0.1, 0.15) is 0 Å². The van der Waals surface area contributed by atoms with Crippen molar-refractivity contribution in [2.24, 2.45) is 0 Å². The van der Waals surface area contributed by atoms with Gasteiger partial charge in [0.25, 0.3) is 0 Å². The molecule has 1 aromatic rings. The molecule has 0 aromatic carbocycles. The van der Waals surface area contributed by atoms with Crippen LogP contribution in [0.4, 0.5) is 5.69 Å². The van der Waals surface area contributed by atoms with Gasteiger partial charge in [-0.05, 0) is 32.2 Å². The summed E-state index contributed by atoms with van der Waals surface area (Å²) in [6.07, 6.45) is 0.674. The van der Waals surface area contributed by atoms with Crippen LogP contribution in [0.1, 0.15) is 20.8 Å². The van der Waals surface area contributed by atoms with E-state index < -0.39 is 0 Å². The monoisotopic (exact) mass is 199 g/mol. The smallest absolute Gasteiger partial charge is 0.238 e. The van der Waals surface area contributed by atoms with Gasteiger partial charge < -0.3 is 0 Å². The van der Waals surface area contributed by atoms with E-state index in [0.717, 1.165) is 5.69 Å². The molecule has 0 saturated carbocycles. The molecule has 0 unspecified atom stereocenters. The summed E-state index contributed by atoms with van der Waals surface area (Å²) in [6, 6.07) is 1.84. The number of hydrogen-bond acceptors (Lipinski definition) is 3. The number of rotatable bonds is 3. The lowest BCUT2D eigenvalue weighted by Crippen LogP contribution is -2.32. The Labute approximate surface area is 81.9 Å². The molecule has 0 fully saturated rings. The number of carbonyl (C=O) groups is 1. The molecule has 0 atom stereocenters. The van der Waals surface area contributed by atoms with E-state index in [1.807, 2.05) is 37.6 Å². The van der Waals surface area contributed by atoms with Gasteiger partial charge in [-0.1, -0.05) is 0 Å². The molecular weight excluding hydrogens is 186 g/mol. The first-order chi connectivity index (χ1) is 6.03. The minimum absolute atomic E-state index is 0.358. The van der Waals surface area contributed by atoms with Crippen LogP contribution in [-0.2, 0) is 9.63 Å². The largest absolute Gasteiger partial charge is 0.276 e. The second kappa shape index (κ2) is 3.89. The fraction of sp³-hybridized carbons (Fsp3) is 0.444. The lowest BCUT2D eigenvalue weighted by Gasteiger charge is -2.25. The number of amides is 1. The average Bonchev–Trinajstić information content (AvgIpc) is 2.50. The molecule has 4 heteroatoms. The van der Waals surface area contributed by atoms with Crippen molar-refractivity contribution in [2.45, 2.75) is 26.4 Å². The fourth-order valence-corrected chi connectivity index (χ4v) is 1.43. The first kappa shape index (κ1) is 10.2. The average molecular weight is 199 g/mol. The predicted octanol–water partition coefficient (Wildman–Crippen LogP) is 2.44. The summed E-state index contributed by atoms with van der Waals surface area (Å²) < 4.78 is 0. The minimum Gasteiger partial charge on any atom is -0.276 e. The molecule has 0 N–H and O–H groups in total. The van der Waals surface area contributed by atoms with Gasteiger partial charge in [-0.3, -0.25) is 9.63 Å². The predicted molar refractivity (Wildman–Crippen MR) is 53.7 cm³/mol. The van der Waals surface area contributed by atoms with Crippen molar-refractivity contribution in [3.8, 4) is 0 Å². The van der Waals surface area contributed by atoms with E-state index in [-0.39, 0.29) is 5.60 Å². The highest BCUT2D eigenvalue weighted by Gasteiger charge is 2.17. The Morgan fingerprint density at radius 3 is 2.62 bits per heavy atom. The Morgan fingerprint density at radius 2 is 2.23 bits per heavy atom. The van der Waals surface area contributed by atoms with Crippen LogP contribution in [-0.4, -0.2) is 12.0 Å². The van der Waals surface area contributed by atoms with Crippen LogP contribution >= 0.6 is 11.3 Å². The molecule has 1 rings (SSSR count). The highest BCUT2D eigenvalue weighted by atomic mass is 32.1. The maximum atomic E-state index is 10.7. The zero-order valence-corrected chi connectivity index (χ0v) is 8.80. The summed E-state index contributed by atoms with van der Waals surface area (Å²) in [6.45, 7) is 5.70. The van der Waals surface area contributed by atoms with E-state index in [1.54, 1.807) is 0 Å². The quantitative estimate of drug-likeness (QED) is 0.552. The van der Waals surface area contributed by atoms with E-state index in [2.05, 4.69) is 0 Å². The third kappa shape index (κ3) is 3.16. The lowest BCUT2D eigenvalue weighted by molar-refractivity contribution is -0.120. The zero-order chi connectivity index (χ0) is 9.90. The Morgan fingerprint density at radius 1 is 1.54 bits per heavy atom. The standard InChI is InChI=1S/C9H13NO2S/c1-9(2,3)12-10(7-11)8-4-5-13-6-8/h4-7H,1-3H3.